The van der Waals surface area contributed by atoms with E-state index in [1.54, 1.807) is 7.11 Å². The molecule has 1 unspecified atom stereocenters. The molecule has 0 aromatic heterocycles. The zero-order valence-electron chi connectivity index (χ0n) is 12.6. The number of hydrogen-bond donors (Lipinski definition) is 1. The lowest BCUT2D eigenvalue weighted by Gasteiger charge is -2.37. The van der Waals surface area contributed by atoms with E-state index in [1.165, 1.54) is 11.1 Å². The van der Waals surface area contributed by atoms with Gasteiger partial charge in [-0.05, 0) is 43.0 Å². The summed E-state index contributed by atoms with van der Waals surface area (Å²) < 4.78 is 11.5. The highest BCUT2D eigenvalue weighted by atomic mass is 79.9. The standard InChI is InChI=1S/C16H22BrNO3/c1-3-21-15(19)16(18-8-9-20-2)7-6-12-10-14(17)5-4-13(12)11-16/h4-5,10,18H,3,6-9,11H2,1-2H3. The minimum Gasteiger partial charge on any atom is -0.465 e. The van der Waals surface area contributed by atoms with Crippen LogP contribution in [0.3, 0.4) is 0 Å². The van der Waals surface area contributed by atoms with Gasteiger partial charge in [-0.25, -0.2) is 0 Å². The molecule has 0 bridgehead atoms. The van der Waals surface area contributed by atoms with Crippen molar-refractivity contribution in [2.24, 2.45) is 0 Å². The Kier molecular flexibility index (Phi) is 5.79. The molecule has 1 aromatic rings. The molecule has 0 heterocycles. The molecule has 0 saturated carbocycles. The van der Waals surface area contributed by atoms with Gasteiger partial charge in [-0.2, -0.15) is 0 Å². The van der Waals surface area contributed by atoms with E-state index in [9.17, 15) is 4.79 Å². The first kappa shape index (κ1) is 16.5. The van der Waals surface area contributed by atoms with E-state index in [1.807, 2.05) is 13.0 Å². The van der Waals surface area contributed by atoms with Gasteiger partial charge in [-0.15, -0.1) is 0 Å². The van der Waals surface area contributed by atoms with Gasteiger partial charge in [0.25, 0.3) is 0 Å². The predicted octanol–water partition coefficient (Wildman–Crippen LogP) is 2.48. The van der Waals surface area contributed by atoms with Gasteiger partial charge in [0.15, 0.2) is 0 Å². The van der Waals surface area contributed by atoms with Crippen molar-refractivity contribution in [3.8, 4) is 0 Å². The monoisotopic (exact) mass is 355 g/mol. The summed E-state index contributed by atoms with van der Waals surface area (Å²) in [5.41, 5.74) is 1.88. The maximum absolute atomic E-state index is 12.5. The molecule has 1 aromatic carbocycles. The Morgan fingerprint density at radius 1 is 1.43 bits per heavy atom. The number of halogens is 1. The lowest BCUT2D eigenvalue weighted by molar-refractivity contribution is -0.152. The third-order valence-electron chi connectivity index (χ3n) is 3.92. The van der Waals surface area contributed by atoms with Gasteiger partial charge >= 0.3 is 5.97 Å². The Labute approximate surface area is 134 Å². The lowest BCUT2D eigenvalue weighted by atomic mass is 9.78. The van der Waals surface area contributed by atoms with E-state index in [4.69, 9.17) is 9.47 Å². The van der Waals surface area contributed by atoms with Crippen molar-refractivity contribution in [2.45, 2.75) is 31.7 Å². The molecule has 116 valence electrons. The van der Waals surface area contributed by atoms with Crippen LogP contribution in [0.4, 0.5) is 0 Å². The van der Waals surface area contributed by atoms with Crippen LogP contribution in [-0.2, 0) is 27.1 Å². The Balaban J connectivity index is 2.21. The van der Waals surface area contributed by atoms with Crippen LogP contribution >= 0.6 is 15.9 Å². The number of benzene rings is 1. The van der Waals surface area contributed by atoms with Gasteiger partial charge in [-0.1, -0.05) is 22.0 Å². The first-order valence-electron chi connectivity index (χ1n) is 7.30. The Morgan fingerprint density at radius 2 is 2.24 bits per heavy atom. The fourth-order valence-corrected chi connectivity index (χ4v) is 3.23. The van der Waals surface area contributed by atoms with Crippen molar-refractivity contribution in [3.05, 3.63) is 33.8 Å². The summed E-state index contributed by atoms with van der Waals surface area (Å²) >= 11 is 3.50. The number of hydrogen-bond acceptors (Lipinski definition) is 4. The van der Waals surface area contributed by atoms with Crippen molar-refractivity contribution in [1.82, 2.24) is 5.32 Å². The maximum atomic E-state index is 12.5. The highest BCUT2D eigenvalue weighted by molar-refractivity contribution is 9.10. The van der Waals surface area contributed by atoms with Crippen LogP contribution < -0.4 is 5.32 Å². The lowest BCUT2D eigenvalue weighted by Crippen LogP contribution is -2.57. The topological polar surface area (TPSA) is 47.6 Å². The smallest absolute Gasteiger partial charge is 0.326 e. The molecule has 0 fully saturated rings. The molecule has 5 heteroatoms. The summed E-state index contributed by atoms with van der Waals surface area (Å²) in [5, 5.41) is 3.36. The van der Waals surface area contributed by atoms with Crippen molar-refractivity contribution >= 4 is 21.9 Å². The second-order valence-corrected chi connectivity index (χ2v) is 6.23. The minimum atomic E-state index is -0.630. The Bertz CT molecular complexity index is 506. The molecule has 0 radical (unpaired) electrons. The average Bonchev–Trinajstić information content (AvgIpc) is 2.48. The highest BCUT2D eigenvalue weighted by Crippen LogP contribution is 2.31. The van der Waals surface area contributed by atoms with E-state index >= 15 is 0 Å². The molecular weight excluding hydrogens is 334 g/mol. The number of methoxy groups -OCH3 is 1. The van der Waals surface area contributed by atoms with Crippen molar-refractivity contribution in [1.29, 1.82) is 0 Å². The van der Waals surface area contributed by atoms with Crippen molar-refractivity contribution in [3.63, 3.8) is 0 Å². The molecule has 1 atom stereocenters. The second kappa shape index (κ2) is 7.38. The van der Waals surface area contributed by atoms with E-state index in [-0.39, 0.29) is 5.97 Å². The Morgan fingerprint density at radius 3 is 2.95 bits per heavy atom. The summed E-state index contributed by atoms with van der Waals surface area (Å²) in [6.45, 7) is 3.46. The van der Waals surface area contributed by atoms with Crippen LogP contribution in [0.25, 0.3) is 0 Å². The summed E-state index contributed by atoms with van der Waals surface area (Å²) in [6.07, 6.45) is 2.28. The van der Waals surface area contributed by atoms with Gasteiger partial charge < -0.3 is 9.47 Å². The van der Waals surface area contributed by atoms with Gasteiger partial charge in [0.05, 0.1) is 13.2 Å². The van der Waals surface area contributed by atoms with Gasteiger partial charge in [-0.3, -0.25) is 10.1 Å². The van der Waals surface area contributed by atoms with E-state index < -0.39 is 5.54 Å². The number of fused-ring (bicyclic) bond motifs is 1. The first-order valence-corrected chi connectivity index (χ1v) is 8.09. The van der Waals surface area contributed by atoms with Gasteiger partial charge in [0.2, 0.25) is 0 Å². The van der Waals surface area contributed by atoms with Crippen LogP contribution in [0.5, 0.6) is 0 Å². The number of aryl methyl sites for hydroxylation is 1. The fourth-order valence-electron chi connectivity index (χ4n) is 2.82. The third-order valence-corrected chi connectivity index (χ3v) is 4.41. The summed E-state index contributed by atoms with van der Waals surface area (Å²) in [7, 11) is 1.66. The normalized spacial score (nSPS) is 20.9. The molecule has 1 aliphatic carbocycles. The number of carbonyl (C=O) groups is 1. The minimum absolute atomic E-state index is 0.158. The highest BCUT2D eigenvalue weighted by Gasteiger charge is 2.42. The van der Waals surface area contributed by atoms with Gasteiger partial charge in [0, 0.05) is 24.5 Å². The molecular formula is C16H22BrNO3. The molecule has 1 N–H and O–H groups in total. The van der Waals surface area contributed by atoms with Crippen LogP contribution in [0.1, 0.15) is 24.5 Å². The Hall–Kier alpha value is -0.910. The van der Waals surface area contributed by atoms with E-state index in [0.29, 0.717) is 26.2 Å². The third kappa shape index (κ3) is 3.84. The summed E-state index contributed by atoms with van der Waals surface area (Å²) in [4.78, 5) is 12.5. The number of ether oxygens (including phenoxy) is 2. The molecule has 0 amide bonds. The molecule has 0 aliphatic heterocycles. The summed E-state index contributed by atoms with van der Waals surface area (Å²) in [6, 6.07) is 6.25. The number of nitrogens with one attached hydrogen (secondary N) is 1. The molecule has 4 nitrogen and oxygen atoms in total. The number of carbonyl (C=O) groups excluding carboxylic acids is 1. The molecule has 1 aliphatic rings. The SMILES string of the molecule is CCOC(=O)C1(NCCOC)CCc2cc(Br)ccc2C1. The van der Waals surface area contributed by atoms with Crippen LogP contribution in [-0.4, -0.2) is 38.4 Å². The van der Waals surface area contributed by atoms with Crippen LogP contribution in [0, 0.1) is 0 Å². The van der Waals surface area contributed by atoms with E-state index in [0.717, 1.165) is 17.3 Å². The molecule has 21 heavy (non-hydrogen) atoms. The second-order valence-electron chi connectivity index (χ2n) is 5.31. The maximum Gasteiger partial charge on any atom is 0.326 e. The van der Waals surface area contributed by atoms with E-state index in [2.05, 4.69) is 33.4 Å². The average molecular weight is 356 g/mol. The van der Waals surface area contributed by atoms with Gasteiger partial charge in [0.1, 0.15) is 5.54 Å². The van der Waals surface area contributed by atoms with Crippen molar-refractivity contribution < 1.29 is 14.3 Å². The first-order chi connectivity index (χ1) is 10.1. The summed E-state index contributed by atoms with van der Waals surface area (Å²) in [5.74, 6) is -0.158. The molecule has 0 saturated heterocycles. The molecule has 0 spiro atoms. The van der Waals surface area contributed by atoms with Crippen LogP contribution in [0.2, 0.25) is 0 Å². The quantitative estimate of drug-likeness (QED) is 0.629. The molecule has 2 rings (SSSR count). The predicted molar refractivity (Wildman–Crippen MR) is 85.4 cm³/mol. The zero-order chi connectivity index (χ0) is 15.3. The fraction of sp³-hybridized carbons (Fsp3) is 0.562. The largest absolute Gasteiger partial charge is 0.465 e. The number of esters is 1. The van der Waals surface area contributed by atoms with Crippen molar-refractivity contribution in [2.75, 3.05) is 26.9 Å². The van der Waals surface area contributed by atoms with Crippen LogP contribution in [0.15, 0.2) is 22.7 Å². The number of rotatable bonds is 6. The zero-order valence-corrected chi connectivity index (χ0v) is 14.2.